The molecule has 0 spiro atoms. The number of aromatic nitrogens is 2. The third-order valence-corrected chi connectivity index (χ3v) is 2.67. The maximum absolute atomic E-state index is 10.7. The topological polar surface area (TPSA) is 58.4 Å². The largest absolute Gasteiger partial charge is 0.480 e. The molecule has 1 N–H and O–H groups in total. The molecular weight excluding hydrogens is 194 g/mol. The number of nitrogens with zero attached hydrogens (tertiary/aromatic N) is 3. The van der Waals surface area contributed by atoms with Gasteiger partial charge in [-0.3, -0.25) is 9.69 Å². The molecule has 1 aromatic rings. The van der Waals surface area contributed by atoms with Gasteiger partial charge in [0.2, 0.25) is 0 Å². The van der Waals surface area contributed by atoms with Gasteiger partial charge >= 0.3 is 5.97 Å². The molecule has 1 aliphatic carbocycles. The Morgan fingerprint density at radius 1 is 1.73 bits per heavy atom. The van der Waals surface area contributed by atoms with Gasteiger partial charge in [-0.1, -0.05) is 0 Å². The lowest BCUT2D eigenvalue weighted by molar-refractivity contribution is -0.138. The summed E-state index contributed by atoms with van der Waals surface area (Å²) >= 11 is 0. The Morgan fingerprint density at radius 2 is 2.47 bits per heavy atom. The lowest BCUT2D eigenvalue weighted by Gasteiger charge is -2.18. The van der Waals surface area contributed by atoms with Crippen LogP contribution in [0.15, 0.2) is 12.4 Å². The second kappa shape index (κ2) is 4.02. The standard InChI is InChI=1S/C10H15N3O2/c1-12-5-4-11-9(12)6-13(7-10(14)15)8-2-3-8/h4-5,8H,2-3,6-7H2,1H3,(H,14,15). The first-order valence-electron chi connectivity index (χ1n) is 5.09. The number of carbonyl (C=O) groups is 1. The summed E-state index contributed by atoms with van der Waals surface area (Å²) in [5.41, 5.74) is 0. The predicted octanol–water partition coefficient (Wildman–Crippen LogP) is 0.469. The van der Waals surface area contributed by atoms with Gasteiger partial charge in [0.25, 0.3) is 0 Å². The van der Waals surface area contributed by atoms with Crippen molar-refractivity contribution in [1.29, 1.82) is 0 Å². The maximum atomic E-state index is 10.7. The summed E-state index contributed by atoms with van der Waals surface area (Å²) in [4.78, 5) is 16.9. The number of hydrogen-bond donors (Lipinski definition) is 1. The van der Waals surface area contributed by atoms with Crippen LogP contribution in [-0.2, 0) is 18.4 Å². The summed E-state index contributed by atoms with van der Waals surface area (Å²) < 4.78 is 1.93. The van der Waals surface area contributed by atoms with Gasteiger partial charge in [0.1, 0.15) is 5.82 Å². The van der Waals surface area contributed by atoms with Crippen molar-refractivity contribution in [1.82, 2.24) is 14.5 Å². The van der Waals surface area contributed by atoms with E-state index in [2.05, 4.69) is 4.98 Å². The third kappa shape index (κ3) is 2.56. The normalized spacial score (nSPS) is 15.9. The molecule has 1 saturated carbocycles. The first-order valence-corrected chi connectivity index (χ1v) is 5.09. The van der Waals surface area contributed by atoms with Gasteiger partial charge in [-0.2, -0.15) is 0 Å². The first kappa shape index (κ1) is 10.2. The number of aryl methyl sites for hydroxylation is 1. The molecule has 0 atom stereocenters. The van der Waals surface area contributed by atoms with Crippen LogP contribution >= 0.6 is 0 Å². The highest BCUT2D eigenvalue weighted by Crippen LogP contribution is 2.27. The van der Waals surface area contributed by atoms with E-state index in [9.17, 15) is 4.79 Å². The SMILES string of the molecule is Cn1ccnc1CN(CC(=O)O)C1CC1. The molecule has 1 aliphatic rings. The van der Waals surface area contributed by atoms with Crippen molar-refractivity contribution in [2.24, 2.45) is 7.05 Å². The Hall–Kier alpha value is -1.36. The summed E-state index contributed by atoms with van der Waals surface area (Å²) in [5, 5.41) is 8.79. The average molecular weight is 209 g/mol. The quantitative estimate of drug-likeness (QED) is 0.765. The number of hydrogen-bond acceptors (Lipinski definition) is 3. The van der Waals surface area contributed by atoms with Crippen molar-refractivity contribution in [3.63, 3.8) is 0 Å². The molecule has 1 fully saturated rings. The van der Waals surface area contributed by atoms with Crippen LogP contribution in [0.2, 0.25) is 0 Å². The Bertz CT molecular complexity index is 357. The molecule has 82 valence electrons. The highest BCUT2D eigenvalue weighted by atomic mass is 16.4. The molecule has 1 aromatic heterocycles. The number of carboxylic acids is 1. The molecule has 1 heterocycles. The average Bonchev–Trinajstić information content (AvgIpc) is 2.92. The second-order valence-corrected chi connectivity index (χ2v) is 3.98. The molecule has 0 saturated heterocycles. The van der Waals surface area contributed by atoms with E-state index in [1.807, 2.05) is 22.7 Å². The third-order valence-electron chi connectivity index (χ3n) is 2.67. The van der Waals surface area contributed by atoms with Crippen molar-refractivity contribution in [3.05, 3.63) is 18.2 Å². The van der Waals surface area contributed by atoms with E-state index in [4.69, 9.17) is 5.11 Å². The van der Waals surface area contributed by atoms with Gasteiger partial charge in [0.05, 0.1) is 13.1 Å². The van der Waals surface area contributed by atoms with E-state index in [1.54, 1.807) is 6.20 Å². The smallest absolute Gasteiger partial charge is 0.317 e. The summed E-state index contributed by atoms with van der Waals surface area (Å²) in [5.74, 6) is 0.152. The van der Waals surface area contributed by atoms with Crippen LogP contribution in [0.3, 0.4) is 0 Å². The molecule has 0 aromatic carbocycles. The molecule has 0 bridgehead atoms. The summed E-state index contributed by atoms with van der Waals surface area (Å²) in [6.07, 6.45) is 5.83. The van der Waals surface area contributed by atoms with Crippen molar-refractivity contribution < 1.29 is 9.90 Å². The minimum Gasteiger partial charge on any atom is -0.480 e. The number of imidazole rings is 1. The zero-order valence-corrected chi connectivity index (χ0v) is 8.76. The molecule has 0 unspecified atom stereocenters. The molecule has 5 nitrogen and oxygen atoms in total. The van der Waals surface area contributed by atoms with Crippen molar-refractivity contribution in [2.75, 3.05) is 6.54 Å². The van der Waals surface area contributed by atoms with E-state index in [1.165, 1.54) is 0 Å². The summed E-state index contributed by atoms with van der Waals surface area (Å²) in [6, 6.07) is 0.442. The van der Waals surface area contributed by atoms with E-state index < -0.39 is 5.97 Å². The number of carboxylic acid groups (broad SMARTS) is 1. The van der Waals surface area contributed by atoms with E-state index >= 15 is 0 Å². The molecular formula is C10H15N3O2. The first-order chi connectivity index (χ1) is 7.16. The van der Waals surface area contributed by atoms with Crippen LogP contribution in [0.5, 0.6) is 0 Å². The van der Waals surface area contributed by atoms with Crippen molar-refractivity contribution in [3.8, 4) is 0 Å². The zero-order valence-electron chi connectivity index (χ0n) is 8.76. The maximum Gasteiger partial charge on any atom is 0.317 e. The minimum atomic E-state index is -0.767. The molecule has 0 aliphatic heterocycles. The summed E-state index contributed by atoms with van der Waals surface area (Å²) in [6.45, 7) is 0.734. The van der Waals surface area contributed by atoms with Crippen LogP contribution in [0.25, 0.3) is 0 Å². The van der Waals surface area contributed by atoms with Gasteiger partial charge in [-0.05, 0) is 12.8 Å². The van der Waals surface area contributed by atoms with Crippen LogP contribution in [0.1, 0.15) is 18.7 Å². The number of rotatable bonds is 5. The van der Waals surface area contributed by atoms with Gasteiger partial charge in [-0.15, -0.1) is 0 Å². The van der Waals surface area contributed by atoms with Crippen LogP contribution < -0.4 is 0 Å². The van der Waals surface area contributed by atoms with Crippen LogP contribution in [0, 0.1) is 0 Å². The predicted molar refractivity (Wildman–Crippen MR) is 54.3 cm³/mol. The van der Waals surface area contributed by atoms with E-state index in [0.717, 1.165) is 18.7 Å². The Labute approximate surface area is 88.3 Å². The van der Waals surface area contributed by atoms with E-state index in [-0.39, 0.29) is 6.54 Å². The van der Waals surface area contributed by atoms with Gasteiger partial charge in [0, 0.05) is 25.5 Å². The fourth-order valence-electron chi connectivity index (χ4n) is 1.66. The lowest BCUT2D eigenvalue weighted by Crippen LogP contribution is -2.32. The second-order valence-electron chi connectivity index (χ2n) is 3.98. The zero-order chi connectivity index (χ0) is 10.8. The molecule has 15 heavy (non-hydrogen) atoms. The lowest BCUT2D eigenvalue weighted by atomic mass is 10.4. The Kier molecular flexibility index (Phi) is 2.73. The summed E-state index contributed by atoms with van der Waals surface area (Å²) in [7, 11) is 1.92. The number of aliphatic carboxylic acids is 1. The highest BCUT2D eigenvalue weighted by Gasteiger charge is 2.30. The van der Waals surface area contributed by atoms with Gasteiger partial charge in [-0.25, -0.2) is 4.98 Å². The van der Waals surface area contributed by atoms with Crippen molar-refractivity contribution >= 4 is 5.97 Å². The van der Waals surface area contributed by atoms with Gasteiger partial charge in [0.15, 0.2) is 0 Å². The monoisotopic (exact) mass is 209 g/mol. The van der Waals surface area contributed by atoms with Gasteiger partial charge < -0.3 is 9.67 Å². The fraction of sp³-hybridized carbons (Fsp3) is 0.600. The molecule has 0 radical (unpaired) electrons. The Morgan fingerprint density at radius 3 is 2.93 bits per heavy atom. The molecule has 0 amide bonds. The van der Waals surface area contributed by atoms with Crippen molar-refractivity contribution in [2.45, 2.75) is 25.4 Å². The Balaban J connectivity index is 2.00. The molecule has 2 rings (SSSR count). The van der Waals surface area contributed by atoms with Crippen LogP contribution in [-0.4, -0.2) is 38.1 Å². The van der Waals surface area contributed by atoms with Crippen LogP contribution in [0.4, 0.5) is 0 Å². The fourth-order valence-corrected chi connectivity index (χ4v) is 1.66. The minimum absolute atomic E-state index is 0.109. The highest BCUT2D eigenvalue weighted by molar-refractivity contribution is 5.69. The van der Waals surface area contributed by atoms with E-state index in [0.29, 0.717) is 12.6 Å². The molecule has 5 heteroatoms.